The molecule has 9 nitrogen and oxygen atoms in total. The number of carbonyl (C=O) groups is 2. The molecule has 0 aliphatic heterocycles. The smallest absolute Gasteiger partial charge is 0.340 e. The van der Waals surface area contributed by atoms with Crippen LogP contribution >= 0.6 is 0 Å². The Hall–Kier alpha value is -2.17. The van der Waals surface area contributed by atoms with Gasteiger partial charge < -0.3 is 20.5 Å². The van der Waals surface area contributed by atoms with Gasteiger partial charge in [0.05, 0.1) is 17.1 Å². The van der Waals surface area contributed by atoms with Crippen LogP contribution in [0.2, 0.25) is 0 Å². The number of likely N-dealkylation sites (N-methyl/N-ethyl adjacent to an activating group) is 1. The standard InChI is InChI=1S/C14H21N3O6S/c1-15-13(19)9-23-14(20)11-8-10(24(21,22)17(2)3)4-5-12(11)16-6-7-18/h4-5,8,16,18H,6-7,9H2,1-3H3,(H,15,19). The first-order chi connectivity index (χ1) is 11.2. The van der Waals surface area contributed by atoms with Crippen LogP contribution in [0.25, 0.3) is 0 Å². The molecule has 0 heterocycles. The van der Waals surface area contributed by atoms with Gasteiger partial charge in [-0.25, -0.2) is 17.5 Å². The second-order valence-electron chi connectivity index (χ2n) is 4.89. The number of aliphatic hydroxyl groups excluding tert-OH is 1. The number of amides is 1. The van der Waals surface area contributed by atoms with Crippen LogP contribution in [-0.2, 0) is 19.6 Å². The van der Waals surface area contributed by atoms with Crippen molar-refractivity contribution < 1.29 is 27.9 Å². The molecule has 3 N–H and O–H groups in total. The minimum Gasteiger partial charge on any atom is -0.452 e. The van der Waals surface area contributed by atoms with Gasteiger partial charge in [-0.05, 0) is 18.2 Å². The van der Waals surface area contributed by atoms with Gasteiger partial charge in [-0.15, -0.1) is 0 Å². The summed E-state index contributed by atoms with van der Waals surface area (Å²) in [5.41, 5.74) is 0.249. The molecular formula is C14H21N3O6S. The molecule has 1 amide bonds. The Morgan fingerprint density at radius 3 is 2.50 bits per heavy atom. The first-order valence-corrected chi connectivity index (χ1v) is 8.47. The summed E-state index contributed by atoms with van der Waals surface area (Å²) in [6.45, 7) is -0.501. The van der Waals surface area contributed by atoms with Gasteiger partial charge in [0.15, 0.2) is 6.61 Å². The number of sulfonamides is 1. The van der Waals surface area contributed by atoms with E-state index in [0.717, 1.165) is 4.31 Å². The highest BCUT2D eigenvalue weighted by Crippen LogP contribution is 2.23. The molecule has 0 atom stereocenters. The Bertz CT molecular complexity index is 702. The zero-order chi connectivity index (χ0) is 18.3. The fourth-order valence-corrected chi connectivity index (χ4v) is 2.62. The minimum atomic E-state index is -3.74. The van der Waals surface area contributed by atoms with Crippen LogP contribution in [0.4, 0.5) is 5.69 Å². The first-order valence-electron chi connectivity index (χ1n) is 7.03. The van der Waals surface area contributed by atoms with E-state index >= 15 is 0 Å². The second-order valence-corrected chi connectivity index (χ2v) is 7.05. The summed E-state index contributed by atoms with van der Waals surface area (Å²) >= 11 is 0. The van der Waals surface area contributed by atoms with Crippen molar-refractivity contribution in [2.24, 2.45) is 0 Å². The van der Waals surface area contributed by atoms with Crippen LogP contribution in [0.15, 0.2) is 23.1 Å². The predicted molar refractivity (Wildman–Crippen MR) is 87.2 cm³/mol. The number of hydrogen-bond acceptors (Lipinski definition) is 7. The molecule has 0 aromatic heterocycles. The monoisotopic (exact) mass is 359 g/mol. The molecular weight excluding hydrogens is 338 g/mol. The van der Waals surface area contributed by atoms with E-state index in [1.165, 1.54) is 39.3 Å². The number of aliphatic hydroxyl groups is 1. The fourth-order valence-electron chi connectivity index (χ4n) is 1.69. The number of ether oxygens (including phenoxy) is 1. The van der Waals surface area contributed by atoms with E-state index in [-0.39, 0.29) is 23.6 Å². The van der Waals surface area contributed by atoms with Crippen LogP contribution in [0.1, 0.15) is 10.4 Å². The molecule has 24 heavy (non-hydrogen) atoms. The third-order valence-electron chi connectivity index (χ3n) is 3.03. The normalized spacial score (nSPS) is 11.2. The molecule has 0 radical (unpaired) electrons. The molecule has 0 saturated carbocycles. The minimum absolute atomic E-state index is 0.0460. The molecule has 0 aliphatic carbocycles. The topological polar surface area (TPSA) is 125 Å². The summed E-state index contributed by atoms with van der Waals surface area (Å²) in [6, 6.07) is 3.91. The second kappa shape index (κ2) is 8.62. The predicted octanol–water partition coefficient (Wildman–Crippen LogP) is -0.756. The SMILES string of the molecule is CNC(=O)COC(=O)c1cc(S(=O)(=O)N(C)C)ccc1NCCO. The summed E-state index contributed by atoms with van der Waals surface area (Å²) in [7, 11) is 0.404. The maximum absolute atomic E-state index is 12.2. The van der Waals surface area contributed by atoms with Gasteiger partial charge in [0.1, 0.15) is 0 Å². The third-order valence-corrected chi connectivity index (χ3v) is 4.84. The van der Waals surface area contributed by atoms with E-state index in [2.05, 4.69) is 10.6 Å². The third kappa shape index (κ3) is 4.91. The summed E-state index contributed by atoms with van der Waals surface area (Å²) in [6.07, 6.45) is 0. The summed E-state index contributed by atoms with van der Waals surface area (Å²) in [4.78, 5) is 23.3. The number of rotatable bonds is 8. The average Bonchev–Trinajstić information content (AvgIpc) is 2.56. The lowest BCUT2D eigenvalue weighted by atomic mass is 10.2. The molecule has 0 spiro atoms. The number of benzene rings is 1. The largest absolute Gasteiger partial charge is 0.452 e. The lowest BCUT2D eigenvalue weighted by Crippen LogP contribution is -2.26. The molecule has 10 heteroatoms. The highest BCUT2D eigenvalue weighted by atomic mass is 32.2. The van der Waals surface area contributed by atoms with Crippen molar-refractivity contribution in [2.45, 2.75) is 4.90 Å². The van der Waals surface area contributed by atoms with Gasteiger partial charge in [0, 0.05) is 33.4 Å². The Labute approximate surface area is 140 Å². The van der Waals surface area contributed by atoms with Gasteiger partial charge in [0.25, 0.3) is 5.91 Å². The van der Waals surface area contributed by atoms with Crippen molar-refractivity contribution in [3.05, 3.63) is 23.8 Å². The molecule has 1 aromatic rings. The number of esters is 1. The van der Waals surface area contributed by atoms with E-state index in [0.29, 0.717) is 5.69 Å². The van der Waals surface area contributed by atoms with Crippen molar-refractivity contribution in [1.82, 2.24) is 9.62 Å². The van der Waals surface area contributed by atoms with E-state index in [4.69, 9.17) is 9.84 Å². The summed E-state index contributed by atoms with van der Waals surface area (Å²) in [5, 5.41) is 14.0. The number of nitrogens with one attached hydrogen (secondary N) is 2. The Morgan fingerprint density at radius 2 is 1.96 bits per heavy atom. The maximum atomic E-state index is 12.2. The number of hydrogen-bond donors (Lipinski definition) is 3. The van der Waals surface area contributed by atoms with E-state index in [1.807, 2.05) is 0 Å². The molecule has 0 bridgehead atoms. The zero-order valence-electron chi connectivity index (χ0n) is 13.7. The van der Waals surface area contributed by atoms with Crippen LogP contribution in [0.3, 0.4) is 0 Å². The Morgan fingerprint density at radius 1 is 1.29 bits per heavy atom. The molecule has 1 aromatic carbocycles. The van der Waals surface area contributed by atoms with Crippen molar-refractivity contribution in [2.75, 3.05) is 46.2 Å². The molecule has 0 saturated heterocycles. The number of anilines is 1. The van der Waals surface area contributed by atoms with Crippen molar-refractivity contribution in [1.29, 1.82) is 0 Å². The Kier molecular flexibility index (Phi) is 7.14. The zero-order valence-corrected chi connectivity index (χ0v) is 14.5. The van der Waals surface area contributed by atoms with Gasteiger partial charge >= 0.3 is 5.97 Å². The van der Waals surface area contributed by atoms with Gasteiger partial charge in [-0.1, -0.05) is 0 Å². The van der Waals surface area contributed by atoms with Gasteiger partial charge in [-0.2, -0.15) is 0 Å². The van der Waals surface area contributed by atoms with E-state index < -0.39 is 28.5 Å². The summed E-state index contributed by atoms with van der Waals surface area (Å²) in [5.74, 6) is -1.35. The lowest BCUT2D eigenvalue weighted by Gasteiger charge is -2.15. The number of nitrogens with zero attached hydrogens (tertiary/aromatic N) is 1. The average molecular weight is 359 g/mol. The quantitative estimate of drug-likeness (QED) is 0.521. The molecule has 0 fully saturated rings. The lowest BCUT2D eigenvalue weighted by molar-refractivity contribution is -0.123. The first kappa shape index (κ1) is 19.9. The molecule has 1 rings (SSSR count). The molecule has 134 valence electrons. The van der Waals surface area contributed by atoms with E-state index in [1.54, 1.807) is 0 Å². The van der Waals surface area contributed by atoms with Crippen LogP contribution in [0, 0.1) is 0 Å². The van der Waals surface area contributed by atoms with Gasteiger partial charge in [0.2, 0.25) is 10.0 Å². The van der Waals surface area contributed by atoms with Crippen molar-refractivity contribution in [3.63, 3.8) is 0 Å². The molecule has 0 aliphatic rings. The van der Waals surface area contributed by atoms with Gasteiger partial charge in [-0.3, -0.25) is 4.79 Å². The van der Waals surface area contributed by atoms with Crippen LogP contribution in [-0.4, -0.2) is 70.6 Å². The van der Waals surface area contributed by atoms with Crippen LogP contribution in [0.5, 0.6) is 0 Å². The Balaban J connectivity index is 3.20. The van der Waals surface area contributed by atoms with Crippen molar-refractivity contribution >= 4 is 27.6 Å². The maximum Gasteiger partial charge on any atom is 0.340 e. The summed E-state index contributed by atoms with van der Waals surface area (Å²) < 4.78 is 30.3. The van der Waals surface area contributed by atoms with E-state index in [9.17, 15) is 18.0 Å². The van der Waals surface area contributed by atoms with Crippen LogP contribution < -0.4 is 10.6 Å². The fraction of sp³-hybridized carbons (Fsp3) is 0.429. The van der Waals surface area contributed by atoms with Crippen molar-refractivity contribution in [3.8, 4) is 0 Å². The number of carbonyl (C=O) groups excluding carboxylic acids is 2. The molecule has 0 unspecified atom stereocenters. The highest BCUT2D eigenvalue weighted by Gasteiger charge is 2.22. The highest BCUT2D eigenvalue weighted by molar-refractivity contribution is 7.89.